The number of hydrogen-bond donors (Lipinski definition) is 1. The van der Waals surface area contributed by atoms with E-state index in [0.717, 1.165) is 0 Å². The predicted octanol–water partition coefficient (Wildman–Crippen LogP) is 3.10. The topological polar surface area (TPSA) is 71.5 Å². The van der Waals surface area contributed by atoms with Crippen molar-refractivity contribution in [1.29, 1.82) is 0 Å². The number of benzene rings is 1. The molecule has 0 atom stereocenters. The van der Waals surface area contributed by atoms with E-state index >= 15 is 0 Å². The first-order valence-electron chi connectivity index (χ1n) is 9.10. The number of hydrogen-bond acceptors (Lipinski definition) is 4. The molecule has 3 rings (SSSR count). The number of rotatable bonds is 3. The SMILES string of the molecule is CC(C)(C)c1ccc(NC(=O)c2cccc(C(=O)N3CCOCC3)n2)cc1. The van der Waals surface area contributed by atoms with E-state index in [-0.39, 0.29) is 28.6 Å². The van der Waals surface area contributed by atoms with Gasteiger partial charge in [-0.15, -0.1) is 0 Å². The van der Waals surface area contributed by atoms with Crippen molar-refractivity contribution in [2.45, 2.75) is 26.2 Å². The van der Waals surface area contributed by atoms with E-state index < -0.39 is 0 Å². The first-order valence-corrected chi connectivity index (χ1v) is 9.10. The normalized spacial score (nSPS) is 14.7. The van der Waals surface area contributed by atoms with E-state index in [0.29, 0.717) is 32.0 Å². The molecule has 2 aromatic rings. The van der Waals surface area contributed by atoms with Crippen LogP contribution in [0.2, 0.25) is 0 Å². The molecule has 1 aromatic carbocycles. The van der Waals surface area contributed by atoms with Crippen molar-refractivity contribution >= 4 is 17.5 Å². The van der Waals surface area contributed by atoms with Crippen LogP contribution < -0.4 is 5.32 Å². The largest absolute Gasteiger partial charge is 0.378 e. The molecule has 1 aromatic heterocycles. The number of anilines is 1. The Bertz CT molecular complexity index is 819. The summed E-state index contributed by atoms with van der Waals surface area (Å²) < 4.78 is 5.26. The van der Waals surface area contributed by atoms with Gasteiger partial charge in [-0.05, 0) is 35.2 Å². The summed E-state index contributed by atoms with van der Waals surface area (Å²) in [5.41, 5.74) is 2.43. The highest BCUT2D eigenvalue weighted by atomic mass is 16.5. The van der Waals surface area contributed by atoms with Crippen molar-refractivity contribution < 1.29 is 14.3 Å². The molecule has 0 spiro atoms. The van der Waals surface area contributed by atoms with Crippen LogP contribution in [0.15, 0.2) is 42.5 Å². The van der Waals surface area contributed by atoms with Gasteiger partial charge in [0.25, 0.3) is 11.8 Å². The second-order valence-electron chi connectivity index (χ2n) is 7.59. The lowest BCUT2D eigenvalue weighted by atomic mass is 9.87. The second kappa shape index (κ2) is 7.88. The molecule has 6 heteroatoms. The van der Waals surface area contributed by atoms with Crippen LogP contribution >= 0.6 is 0 Å². The number of carbonyl (C=O) groups is 2. The maximum atomic E-state index is 12.5. The van der Waals surface area contributed by atoms with E-state index in [1.165, 1.54) is 5.56 Å². The number of nitrogens with zero attached hydrogens (tertiary/aromatic N) is 2. The third-order valence-electron chi connectivity index (χ3n) is 4.51. The predicted molar refractivity (Wildman–Crippen MR) is 104 cm³/mol. The molecule has 0 unspecified atom stereocenters. The molecule has 2 heterocycles. The molecule has 1 fully saturated rings. The summed E-state index contributed by atoms with van der Waals surface area (Å²) in [5.74, 6) is -0.516. The standard InChI is InChI=1S/C21H25N3O3/c1-21(2,3)15-7-9-16(10-8-15)22-19(25)17-5-4-6-18(23-17)20(26)24-11-13-27-14-12-24/h4-10H,11-14H2,1-3H3,(H,22,25). The van der Waals surface area contributed by atoms with Gasteiger partial charge in [-0.25, -0.2) is 4.98 Å². The third-order valence-corrected chi connectivity index (χ3v) is 4.51. The molecule has 0 radical (unpaired) electrons. The second-order valence-corrected chi connectivity index (χ2v) is 7.59. The van der Waals surface area contributed by atoms with Crippen molar-refractivity contribution in [3.8, 4) is 0 Å². The molecular formula is C21H25N3O3. The van der Waals surface area contributed by atoms with Gasteiger partial charge in [0.1, 0.15) is 11.4 Å². The Morgan fingerprint density at radius 2 is 1.63 bits per heavy atom. The summed E-state index contributed by atoms with van der Waals surface area (Å²) in [6.07, 6.45) is 0. The zero-order valence-corrected chi connectivity index (χ0v) is 16.0. The summed E-state index contributed by atoms with van der Waals surface area (Å²) in [5, 5.41) is 2.84. The highest BCUT2D eigenvalue weighted by Gasteiger charge is 2.21. The van der Waals surface area contributed by atoms with Gasteiger partial charge < -0.3 is 15.0 Å². The van der Waals surface area contributed by atoms with E-state index in [9.17, 15) is 9.59 Å². The van der Waals surface area contributed by atoms with Gasteiger partial charge in [-0.1, -0.05) is 39.0 Å². The molecule has 1 saturated heterocycles. The van der Waals surface area contributed by atoms with Crippen molar-refractivity contribution in [3.05, 3.63) is 59.4 Å². The van der Waals surface area contributed by atoms with E-state index in [4.69, 9.17) is 4.74 Å². The molecule has 1 aliphatic heterocycles. The molecule has 142 valence electrons. The molecule has 0 saturated carbocycles. The van der Waals surface area contributed by atoms with E-state index in [1.807, 2.05) is 24.3 Å². The van der Waals surface area contributed by atoms with Crippen LogP contribution in [0.3, 0.4) is 0 Å². The van der Waals surface area contributed by atoms with E-state index in [2.05, 4.69) is 31.1 Å². The Morgan fingerprint density at radius 3 is 2.26 bits per heavy atom. The summed E-state index contributed by atoms with van der Waals surface area (Å²) in [6, 6.07) is 12.7. The van der Waals surface area contributed by atoms with Crippen molar-refractivity contribution in [2.24, 2.45) is 0 Å². The van der Waals surface area contributed by atoms with Gasteiger partial charge in [0.2, 0.25) is 0 Å². The monoisotopic (exact) mass is 367 g/mol. The van der Waals surface area contributed by atoms with Crippen LogP contribution in [0.4, 0.5) is 5.69 Å². The number of nitrogens with one attached hydrogen (secondary N) is 1. The number of aromatic nitrogens is 1. The minimum absolute atomic E-state index is 0.0538. The van der Waals surface area contributed by atoms with Crippen LogP contribution in [0.25, 0.3) is 0 Å². The summed E-state index contributed by atoms with van der Waals surface area (Å²) in [6.45, 7) is 8.55. The summed E-state index contributed by atoms with van der Waals surface area (Å²) in [4.78, 5) is 31.0. The molecule has 27 heavy (non-hydrogen) atoms. The Balaban J connectivity index is 1.70. The molecule has 2 amide bonds. The van der Waals surface area contributed by atoms with Crippen molar-refractivity contribution in [1.82, 2.24) is 9.88 Å². The number of carbonyl (C=O) groups excluding carboxylic acids is 2. The van der Waals surface area contributed by atoms with Gasteiger partial charge in [-0.2, -0.15) is 0 Å². The summed E-state index contributed by atoms with van der Waals surface area (Å²) in [7, 11) is 0. The maximum absolute atomic E-state index is 12.5. The minimum atomic E-state index is -0.338. The zero-order chi connectivity index (χ0) is 19.4. The number of ether oxygens (including phenoxy) is 1. The fraction of sp³-hybridized carbons (Fsp3) is 0.381. The lowest BCUT2D eigenvalue weighted by Crippen LogP contribution is -2.41. The fourth-order valence-corrected chi connectivity index (χ4v) is 2.86. The Labute approximate surface area is 159 Å². The van der Waals surface area contributed by atoms with Crippen LogP contribution in [0.5, 0.6) is 0 Å². The van der Waals surface area contributed by atoms with Crippen molar-refractivity contribution in [3.63, 3.8) is 0 Å². The van der Waals surface area contributed by atoms with Gasteiger partial charge >= 0.3 is 0 Å². The lowest BCUT2D eigenvalue weighted by molar-refractivity contribution is 0.0299. The highest BCUT2D eigenvalue weighted by Crippen LogP contribution is 2.23. The van der Waals surface area contributed by atoms with E-state index in [1.54, 1.807) is 23.1 Å². The molecule has 1 aliphatic rings. The minimum Gasteiger partial charge on any atom is -0.378 e. The average molecular weight is 367 g/mol. The first kappa shape index (κ1) is 19.0. The third kappa shape index (κ3) is 4.71. The smallest absolute Gasteiger partial charge is 0.274 e. The first-order chi connectivity index (χ1) is 12.8. The number of pyridine rings is 1. The molecule has 0 bridgehead atoms. The molecule has 6 nitrogen and oxygen atoms in total. The highest BCUT2D eigenvalue weighted by molar-refractivity contribution is 6.03. The van der Waals surface area contributed by atoms with Gasteiger partial charge in [-0.3, -0.25) is 9.59 Å². The van der Waals surface area contributed by atoms with Crippen molar-refractivity contribution in [2.75, 3.05) is 31.6 Å². The van der Waals surface area contributed by atoms with Crippen LogP contribution in [0, 0.1) is 0 Å². The van der Waals surface area contributed by atoms with Gasteiger partial charge in [0.15, 0.2) is 0 Å². The number of morpholine rings is 1. The summed E-state index contributed by atoms with van der Waals surface area (Å²) >= 11 is 0. The Hall–Kier alpha value is -2.73. The van der Waals surface area contributed by atoms with Crippen LogP contribution in [-0.2, 0) is 10.2 Å². The number of amides is 2. The van der Waals surface area contributed by atoms with Gasteiger partial charge in [0, 0.05) is 18.8 Å². The Morgan fingerprint density at radius 1 is 1.00 bits per heavy atom. The molecule has 0 aliphatic carbocycles. The zero-order valence-electron chi connectivity index (χ0n) is 16.0. The quantitative estimate of drug-likeness (QED) is 0.905. The van der Waals surface area contributed by atoms with Gasteiger partial charge in [0.05, 0.1) is 13.2 Å². The van der Waals surface area contributed by atoms with Crippen LogP contribution in [0.1, 0.15) is 47.3 Å². The average Bonchev–Trinajstić information content (AvgIpc) is 2.68. The fourth-order valence-electron chi connectivity index (χ4n) is 2.86. The Kier molecular flexibility index (Phi) is 5.56. The lowest BCUT2D eigenvalue weighted by Gasteiger charge is -2.26. The van der Waals surface area contributed by atoms with Crippen LogP contribution in [-0.4, -0.2) is 48.0 Å². The molecular weight excluding hydrogens is 342 g/mol. The molecule has 1 N–H and O–H groups in total. The maximum Gasteiger partial charge on any atom is 0.274 e.